The minimum Gasteiger partial charge on any atom is -0.454 e. The van der Waals surface area contributed by atoms with Crippen LogP contribution in [-0.4, -0.2) is 33.3 Å². The molecule has 1 aliphatic rings. The molecule has 0 spiro atoms. The summed E-state index contributed by atoms with van der Waals surface area (Å²) in [6, 6.07) is 12.7. The lowest BCUT2D eigenvalue weighted by Gasteiger charge is -2.22. The van der Waals surface area contributed by atoms with Gasteiger partial charge in [-0.05, 0) is 57.0 Å². The van der Waals surface area contributed by atoms with Crippen molar-refractivity contribution < 1.29 is 17.9 Å². The van der Waals surface area contributed by atoms with Crippen LogP contribution in [0.5, 0.6) is 11.5 Å². The van der Waals surface area contributed by atoms with E-state index in [0.717, 1.165) is 17.1 Å². The van der Waals surface area contributed by atoms with E-state index in [4.69, 9.17) is 9.47 Å². The number of rotatable bonds is 7. The van der Waals surface area contributed by atoms with Gasteiger partial charge in [0, 0.05) is 18.6 Å². The summed E-state index contributed by atoms with van der Waals surface area (Å²) in [5.41, 5.74) is 1.08. The second-order valence-electron chi connectivity index (χ2n) is 8.20. The van der Waals surface area contributed by atoms with E-state index in [0.29, 0.717) is 31.2 Å². The van der Waals surface area contributed by atoms with Gasteiger partial charge in [-0.25, -0.2) is 18.1 Å². The van der Waals surface area contributed by atoms with E-state index in [2.05, 4.69) is 20.3 Å². The van der Waals surface area contributed by atoms with E-state index in [1.54, 1.807) is 18.2 Å². The molecule has 2 aromatic carbocycles. The number of ether oxygens (including phenoxy) is 2. The predicted molar refractivity (Wildman–Crippen MR) is 121 cm³/mol. The monoisotopic (exact) mass is 446 g/mol. The quantitative estimate of drug-likeness (QED) is 0.447. The fourth-order valence-electron chi connectivity index (χ4n) is 3.10. The zero-order valence-corrected chi connectivity index (χ0v) is 19.2. The number of hydrogen-bond donors (Lipinski definition) is 3. The number of fused-ring (bicyclic) bond motifs is 1. The molecule has 0 unspecified atom stereocenters. The molecule has 168 valence electrons. The zero-order valence-electron chi connectivity index (χ0n) is 18.4. The topological polar surface area (TPSA) is 101 Å². The Morgan fingerprint density at radius 3 is 2.55 bits per heavy atom. The minimum absolute atomic E-state index is 0.235. The number of aliphatic imine (C=N–C) groups is 1. The van der Waals surface area contributed by atoms with Gasteiger partial charge in [-0.15, -0.1) is 0 Å². The molecule has 0 aliphatic carbocycles. The van der Waals surface area contributed by atoms with Gasteiger partial charge in [0.15, 0.2) is 17.5 Å². The number of nitrogens with one attached hydrogen (secondary N) is 3. The fourth-order valence-corrected chi connectivity index (χ4v) is 4.76. The van der Waals surface area contributed by atoms with Crippen LogP contribution in [0, 0.1) is 0 Å². The molecule has 0 bridgehead atoms. The van der Waals surface area contributed by atoms with Crippen molar-refractivity contribution in [2.24, 2.45) is 4.99 Å². The highest BCUT2D eigenvalue weighted by molar-refractivity contribution is 7.89. The summed E-state index contributed by atoms with van der Waals surface area (Å²) in [5, 5.41) is 6.42. The van der Waals surface area contributed by atoms with Gasteiger partial charge in [0.1, 0.15) is 0 Å². The molecule has 0 radical (unpaired) electrons. The summed E-state index contributed by atoms with van der Waals surface area (Å²) in [4.78, 5) is 4.86. The van der Waals surface area contributed by atoms with Crippen molar-refractivity contribution in [3.05, 3.63) is 53.6 Å². The zero-order chi connectivity index (χ0) is 22.5. The normalized spacial score (nSPS) is 13.9. The second-order valence-corrected chi connectivity index (χ2v) is 9.85. The van der Waals surface area contributed by atoms with Crippen molar-refractivity contribution in [2.75, 3.05) is 13.3 Å². The van der Waals surface area contributed by atoms with Gasteiger partial charge >= 0.3 is 0 Å². The van der Waals surface area contributed by atoms with Crippen molar-refractivity contribution in [1.29, 1.82) is 0 Å². The Balaban J connectivity index is 1.72. The minimum atomic E-state index is -3.65. The molecule has 0 fully saturated rings. The van der Waals surface area contributed by atoms with Crippen molar-refractivity contribution in [3.63, 3.8) is 0 Å². The van der Waals surface area contributed by atoms with Crippen LogP contribution in [0.1, 0.15) is 38.8 Å². The van der Waals surface area contributed by atoms with E-state index in [1.807, 2.05) is 52.0 Å². The van der Waals surface area contributed by atoms with Gasteiger partial charge in [0.25, 0.3) is 0 Å². The van der Waals surface area contributed by atoms with E-state index in [-0.39, 0.29) is 11.7 Å². The summed E-state index contributed by atoms with van der Waals surface area (Å²) in [6.45, 7) is 9.10. The van der Waals surface area contributed by atoms with Gasteiger partial charge in [0.2, 0.25) is 16.8 Å². The van der Waals surface area contributed by atoms with Gasteiger partial charge in [-0.2, -0.15) is 0 Å². The molecular weight excluding hydrogens is 416 g/mol. The molecule has 0 atom stereocenters. The smallest absolute Gasteiger partial charge is 0.241 e. The number of nitrogens with zero attached hydrogens (tertiary/aromatic N) is 1. The van der Waals surface area contributed by atoms with Crippen LogP contribution in [0.15, 0.2) is 52.4 Å². The van der Waals surface area contributed by atoms with Gasteiger partial charge in [-0.3, -0.25) is 0 Å². The molecule has 0 amide bonds. The first-order valence-corrected chi connectivity index (χ1v) is 11.7. The molecule has 31 heavy (non-hydrogen) atoms. The van der Waals surface area contributed by atoms with E-state index >= 15 is 0 Å². The van der Waals surface area contributed by atoms with E-state index in [9.17, 15) is 8.42 Å². The van der Waals surface area contributed by atoms with Crippen molar-refractivity contribution in [1.82, 2.24) is 15.4 Å². The van der Waals surface area contributed by atoms with Gasteiger partial charge < -0.3 is 20.1 Å². The van der Waals surface area contributed by atoms with Crippen LogP contribution < -0.4 is 24.8 Å². The molecule has 3 rings (SSSR count). The van der Waals surface area contributed by atoms with E-state index in [1.165, 1.54) is 0 Å². The molecule has 1 heterocycles. The Morgan fingerprint density at radius 2 is 1.81 bits per heavy atom. The summed E-state index contributed by atoms with van der Waals surface area (Å²) in [7, 11) is -3.65. The lowest BCUT2D eigenvalue weighted by atomic mass is 10.1. The first-order valence-electron chi connectivity index (χ1n) is 10.2. The summed E-state index contributed by atoms with van der Waals surface area (Å²) in [6.07, 6.45) is 0. The lowest BCUT2D eigenvalue weighted by molar-refractivity contribution is 0.174. The molecule has 9 heteroatoms. The first-order chi connectivity index (χ1) is 14.7. The van der Waals surface area contributed by atoms with Crippen LogP contribution in [0.25, 0.3) is 0 Å². The first kappa shape index (κ1) is 22.9. The highest BCUT2D eigenvalue weighted by atomic mass is 32.2. The molecular formula is C22H30N4O4S. The Hall–Kier alpha value is -2.78. The third-order valence-electron chi connectivity index (χ3n) is 4.35. The molecule has 0 saturated heterocycles. The molecule has 0 saturated carbocycles. The Kier molecular flexibility index (Phi) is 7.07. The standard InChI is InChI=1S/C22H30N4O4S/c1-5-23-21(24-13-16-10-11-18-19(12-16)30-15-29-18)25-14-17-8-6-7-9-20(17)31(27,28)26-22(2,3)4/h6-12,26H,5,13-15H2,1-4H3,(H2,23,24,25). The van der Waals surface area contributed by atoms with Crippen molar-refractivity contribution in [2.45, 2.75) is 51.2 Å². The highest BCUT2D eigenvalue weighted by Gasteiger charge is 2.24. The Labute approximate surface area is 184 Å². The van der Waals surface area contributed by atoms with Crippen LogP contribution in [0.4, 0.5) is 0 Å². The Morgan fingerprint density at radius 1 is 1.06 bits per heavy atom. The van der Waals surface area contributed by atoms with Crippen molar-refractivity contribution >= 4 is 16.0 Å². The molecule has 0 aromatic heterocycles. The third-order valence-corrected chi connectivity index (χ3v) is 6.21. The predicted octanol–water partition coefficient (Wildman–Crippen LogP) is 2.75. The molecule has 3 N–H and O–H groups in total. The summed E-state index contributed by atoms with van der Waals surface area (Å²) >= 11 is 0. The SMILES string of the molecule is CCNC(=NCc1ccc2c(c1)OCO2)NCc1ccccc1S(=O)(=O)NC(C)(C)C. The van der Waals surface area contributed by atoms with Gasteiger partial charge in [0.05, 0.1) is 11.4 Å². The molecule has 8 nitrogen and oxygen atoms in total. The van der Waals surface area contributed by atoms with Crippen LogP contribution in [0.3, 0.4) is 0 Å². The van der Waals surface area contributed by atoms with Crippen molar-refractivity contribution in [3.8, 4) is 11.5 Å². The summed E-state index contributed by atoms with van der Waals surface area (Å²) in [5.74, 6) is 2.05. The average Bonchev–Trinajstić information content (AvgIpc) is 3.16. The summed E-state index contributed by atoms with van der Waals surface area (Å²) < 4.78 is 39.1. The molecule has 1 aliphatic heterocycles. The average molecular weight is 447 g/mol. The van der Waals surface area contributed by atoms with E-state index < -0.39 is 15.6 Å². The maximum atomic E-state index is 12.8. The van der Waals surface area contributed by atoms with Crippen LogP contribution in [0.2, 0.25) is 0 Å². The Bertz CT molecular complexity index is 1050. The van der Waals surface area contributed by atoms with Crippen LogP contribution in [-0.2, 0) is 23.1 Å². The maximum Gasteiger partial charge on any atom is 0.241 e. The van der Waals surface area contributed by atoms with Crippen LogP contribution >= 0.6 is 0 Å². The number of sulfonamides is 1. The molecule has 2 aromatic rings. The van der Waals surface area contributed by atoms with Gasteiger partial charge in [-0.1, -0.05) is 24.3 Å². The second kappa shape index (κ2) is 9.57. The maximum absolute atomic E-state index is 12.8. The fraction of sp³-hybridized carbons (Fsp3) is 0.409. The number of guanidine groups is 1. The number of hydrogen-bond acceptors (Lipinski definition) is 5. The highest BCUT2D eigenvalue weighted by Crippen LogP contribution is 2.32. The largest absolute Gasteiger partial charge is 0.454 e. The third kappa shape index (κ3) is 6.35. The number of benzene rings is 2. The lowest BCUT2D eigenvalue weighted by Crippen LogP contribution is -2.41.